The van der Waals surface area contributed by atoms with Crippen LogP contribution in [0.5, 0.6) is 0 Å². The lowest BCUT2D eigenvalue weighted by molar-refractivity contribution is -0.121. The van der Waals surface area contributed by atoms with Gasteiger partial charge in [-0.2, -0.15) is 0 Å². The highest BCUT2D eigenvalue weighted by Crippen LogP contribution is 2.14. The van der Waals surface area contributed by atoms with Crippen molar-refractivity contribution in [2.24, 2.45) is 0 Å². The van der Waals surface area contributed by atoms with E-state index in [4.69, 9.17) is 16.0 Å². The van der Waals surface area contributed by atoms with Crippen LogP contribution in [0, 0.1) is 0 Å². The summed E-state index contributed by atoms with van der Waals surface area (Å²) in [6, 6.07) is 13.9. The van der Waals surface area contributed by atoms with Crippen LogP contribution in [0.25, 0.3) is 11.1 Å². The maximum atomic E-state index is 12.0. The molecule has 0 spiro atoms. The molecule has 0 saturated heterocycles. The summed E-state index contributed by atoms with van der Waals surface area (Å²) in [5, 5.41) is 6.13. The van der Waals surface area contributed by atoms with Crippen LogP contribution < -0.4 is 16.4 Å². The Morgan fingerprint density at radius 1 is 1.00 bits per heavy atom. The molecule has 2 aromatic carbocycles. The number of para-hydroxylation sites is 2. The zero-order chi connectivity index (χ0) is 19.9. The Morgan fingerprint density at radius 2 is 1.75 bits per heavy atom. The third kappa shape index (κ3) is 5.23. The van der Waals surface area contributed by atoms with Crippen molar-refractivity contribution in [2.75, 3.05) is 11.9 Å². The molecule has 1 heterocycles. The number of amides is 2. The minimum atomic E-state index is -0.479. The highest BCUT2D eigenvalue weighted by molar-refractivity contribution is 6.30. The summed E-state index contributed by atoms with van der Waals surface area (Å²) in [5.74, 6) is -0.795. The molecule has 0 radical (unpaired) electrons. The van der Waals surface area contributed by atoms with Crippen LogP contribution in [-0.4, -0.2) is 22.9 Å². The van der Waals surface area contributed by atoms with Gasteiger partial charge < -0.3 is 15.1 Å². The van der Waals surface area contributed by atoms with Gasteiger partial charge in [0.2, 0.25) is 11.8 Å². The number of hydrogen-bond acceptors (Lipinski definition) is 4. The van der Waals surface area contributed by atoms with Crippen molar-refractivity contribution in [1.29, 1.82) is 0 Å². The van der Waals surface area contributed by atoms with Crippen LogP contribution in [0.15, 0.2) is 57.7 Å². The van der Waals surface area contributed by atoms with Gasteiger partial charge in [-0.1, -0.05) is 23.7 Å². The van der Waals surface area contributed by atoms with Crippen molar-refractivity contribution < 1.29 is 14.0 Å². The molecule has 2 N–H and O–H groups in total. The Hall–Kier alpha value is -3.06. The molecule has 3 rings (SSSR count). The Bertz CT molecular complexity index is 1020. The van der Waals surface area contributed by atoms with E-state index in [1.807, 2.05) is 6.07 Å². The Morgan fingerprint density at radius 3 is 2.54 bits per heavy atom. The molecule has 0 saturated carbocycles. The minimum Gasteiger partial charge on any atom is -0.408 e. The number of fused-ring (bicyclic) bond motifs is 1. The monoisotopic (exact) mass is 401 g/mol. The molecule has 0 aliphatic rings. The van der Waals surface area contributed by atoms with Gasteiger partial charge in [0.25, 0.3) is 0 Å². The molecule has 146 valence electrons. The van der Waals surface area contributed by atoms with Crippen LogP contribution in [0.3, 0.4) is 0 Å². The van der Waals surface area contributed by atoms with Gasteiger partial charge in [0.05, 0.1) is 5.52 Å². The third-order valence-electron chi connectivity index (χ3n) is 4.17. The molecule has 0 fully saturated rings. The fourth-order valence-corrected chi connectivity index (χ4v) is 2.89. The predicted octanol–water partition coefficient (Wildman–Crippen LogP) is 3.17. The van der Waals surface area contributed by atoms with Crippen LogP contribution in [-0.2, 0) is 16.1 Å². The van der Waals surface area contributed by atoms with E-state index < -0.39 is 5.76 Å². The van der Waals surface area contributed by atoms with Crippen LogP contribution in [0.4, 0.5) is 5.69 Å². The van der Waals surface area contributed by atoms with Gasteiger partial charge in [0.15, 0.2) is 5.58 Å². The quantitative estimate of drug-likeness (QED) is 0.567. The second kappa shape index (κ2) is 9.23. The first-order valence-electron chi connectivity index (χ1n) is 8.93. The molecule has 3 aromatic rings. The van der Waals surface area contributed by atoms with E-state index in [0.29, 0.717) is 34.8 Å². The average Bonchev–Trinajstić information content (AvgIpc) is 3.00. The Balaban J connectivity index is 1.37. The standard InChI is InChI=1S/C20H20ClN3O4/c21-14-7-9-15(10-8-14)23-19(26)6-3-12-22-18(25)11-13-24-16-4-1-2-5-17(16)28-20(24)27/h1-2,4-5,7-10H,3,6,11-13H2,(H,22,25)(H,23,26). The number of nitrogens with one attached hydrogen (secondary N) is 2. The second-order valence-corrected chi connectivity index (χ2v) is 6.68. The first kappa shape index (κ1) is 19.7. The predicted molar refractivity (Wildman–Crippen MR) is 107 cm³/mol. The Labute approximate surface area is 166 Å². The van der Waals surface area contributed by atoms with Gasteiger partial charge in [0.1, 0.15) is 0 Å². The highest BCUT2D eigenvalue weighted by atomic mass is 35.5. The lowest BCUT2D eigenvalue weighted by atomic mass is 10.2. The van der Waals surface area contributed by atoms with E-state index in [1.165, 1.54) is 4.57 Å². The fourth-order valence-electron chi connectivity index (χ4n) is 2.76. The molecule has 0 atom stereocenters. The second-order valence-electron chi connectivity index (χ2n) is 6.25. The molecule has 7 nitrogen and oxygen atoms in total. The van der Waals surface area contributed by atoms with Crippen LogP contribution in [0.1, 0.15) is 19.3 Å². The van der Waals surface area contributed by atoms with Gasteiger partial charge in [0, 0.05) is 36.6 Å². The number of benzene rings is 2. The summed E-state index contributed by atoms with van der Waals surface area (Å²) in [7, 11) is 0. The summed E-state index contributed by atoms with van der Waals surface area (Å²) in [4.78, 5) is 35.7. The number of anilines is 1. The molecule has 2 amide bonds. The minimum absolute atomic E-state index is 0.131. The summed E-state index contributed by atoms with van der Waals surface area (Å²) in [6.45, 7) is 0.618. The van der Waals surface area contributed by atoms with Crippen LogP contribution >= 0.6 is 11.6 Å². The van der Waals surface area contributed by atoms with Crippen molar-refractivity contribution in [2.45, 2.75) is 25.8 Å². The summed E-state index contributed by atoms with van der Waals surface area (Å²) < 4.78 is 6.57. The Kier molecular flexibility index (Phi) is 6.49. The highest BCUT2D eigenvalue weighted by Gasteiger charge is 2.10. The molecular weight excluding hydrogens is 382 g/mol. The number of aryl methyl sites for hydroxylation is 1. The van der Waals surface area contributed by atoms with E-state index in [-0.39, 0.29) is 31.2 Å². The summed E-state index contributed by atoms with van der Waals surface area (Å²) >= 11 is 5.80. The third-order valence-corrected chi connectivity index (χ3v) is 4.42. The number of oxazole rings is 1. The van der Waals surface area contributed by atoms with Crippen molar-refractivity contribution in [3.8, 4) is 0 Å². The number of rotatable bonds is 8. The molecule has 0 aliphatic carbocycles. The normalized spacial score (nSPS) is 10.8. The number of aromatic nitrogens is 1. The van der Waals surface area contributed by atoms with Gasteiger partial charge >= 0.3 is 5.76 Å². The zero-order valence-corrected chi connectivity index (χ0v) is 15.9. The molecule has 0 unspecified atom stereocenters. The first-order chi connectivity index (χ1) is 13.5. The van der Waals surface area contributed by atoms with E-state index in [1.54, 1.807) is 42.5 Å². The maximum absolute atomic E-state index is 12.0. The molecule has 0 aliphatic heterocycles. The van der Waals surface area contributed by atoms with Crippen molar-refractivity contribution in [3.05, 3.63) is 64.1 Å². The smallest absolute Gasteiger partial charge is 0.408 e. The fraction of sp³-hybridized carbons (Fsp3) is 0.250. The van der Waals surface area contributed by atoms with Crippen molar-refractivity contribution in [3.63, 3.8) is 0 Å². The van der Waals surface area contributed by atoms with Gasteiger partial charge in [-0.25, -0.2) is 4.79 Å². The number of hydrogen-bond donors (Lipinski definition) is 2. The lowest BCUT2D eigenvalue weighted by Crippen LogP contribution is -2.27. The molecular formula is C20H20ClN3O4. The van der Waals surface area contributed by atoms with Crippen molar-refractivity contribution >= 4 is 40.2 Å². The van der Waals surface area contributed by atoms with E-state index in [0.717, 1.165) is 0 Å². The largest absolute Gasteiger partial charge is 0.419 e. The summed E-state index contributed by atoms with van der Waals surface area (Å²) in [6.07, 6.45) is 0.953. The number of carbonyl (C=O) groups is 2. The zero-order valence-electron chi connectivity index (χ0n) is 15.1. The van der Waals surface area contributed by atoms with Crippen LogP contribution in [0.2, 0.25) is 5.02 Å². The molecule has 8 heteroatoms. The number of nitrogens with zero attached hydrogens (tertiary/aromatic N) is 1. The summed E-state index contributed by atoms with van der Waals surface area (Å²) in [5.41, 5.74) is 1.84. The molecule has 28 heavy (non-hydrogen) atoms. The van der Waals surface area contributed by atoms with Gasteiger partial charge in [-0.05, 0) is 42.8 Å². The average molecular weight is 402 g/mol. The SMILES string of the molecule is O=C(CCn1c(=O)oc2ccccc21)NCCCC(=O)Nc1ccc(Cl)cc1. The van der Waals surface area contributed by atoms with Crippen molar-refractivity contribution in [1.82, 2.24) is 9.88 Å². The first-order valence-corrected chi connectivity index (χ1v) is 9.31. The number of halogens is 1. The molecule has 0 bridgehead atoms. The lowest BCUT2D eigenvalue weighted by Gasteiger charge is -2.07. The van der Waals surface area contributed by atoms with E-state index >= 15 is 0 Å². The maximum Gasteiger partial charge on any atom is 0.419 e. The molecule has 1 aromatic heterocycles. The van der Waals surface area contributed by atoms with Gasteiger partial charge in [-0.3, -0.25) is 14.2 Å². The van der Waals surface area contributed by atoms with Gasteiger partial charge in [-0.15, -0.1) is 0 Å². The van der Waals surface area contributed by atoms with E-state index in [9.17, 15) is 14.4 Å². The van der Waals surface area contributed by atoms with E-state index in [2.05, 4.69) is 10.6 Å². The topological polar surface area (TPSA) is 93.3 Å². The number of carbonyl (C=O) groups excluding carboxylic acids is 2.